The standard InChI is InChI=1S/C10H14OS2/c1-9-4-2-3-5-10(9)8-13-12-7-6-11/h2-5,11H,6-8H2,1H3. The molecular weight excluding hydrogens is 200 g/mol. The molecule has 1 aromatic rings. The molecular formula is C10H14OS2. The summed E-state index contributed by atoms with van der Waals surface area (Å²) in [6.45, 7) is 2.40. The monoisotopic (exact) mass is 214 g/mol. The maximum absolute atomic E-state index is 8.58. The fraction of sp³-hybridized carbons (Fsp3) is 0.400. The van der Waals surface area contributed by atoms with Crippen molar-refractivity contribution in [2.45, 2.75) is 12.7 Å². The van der Waals surface area contributed by atoms with Gasteiger partial charge in [0.1, 0.15) is 0 Å². The Morgan fingerprint density at radius 3 is 2.69 bits per heavy atom. The van der Waals surface area contributed by atoms with Crippen LogP contribution in [0.5, 0.6) is 0 Å². The lowest BCUT2D eigenvalue weighted by atomic mass is 10.1. The number of hydrogen-bond acceptors (Lipinski definition) is 3. The molecule has 1 N–H and O–H groups in total. The molecule has 0 unspecified atom stereocenters. The van der Waals surface area contributed by atoms with E-state index in [1.807, 2.05) is 0 Å². The highest BCUT2D eigenvalue weighted by Crippen LogP contribution is 2.26. The van der Waals surface area contributed by atoms with Gasteiger partial charge in [-0.1, -0.05) is 45.9 Å². The van der Waals surface area contributed by atoms with Crippen molar-refractivity contribution >= 4 is 21.6 Å². The van der Waals surface area contributed by atoms with E-state index in [2.05, 4.69) is 31.2 Å². The largest absolute Gasteiger partial charge is 0.395 e. The molecule has 1 aromatic carbocycles. The first kappa shape index (κ1) is 11.0. The third kappa shape index (κ3) is 4.07. The minimum absolute atomic E-state index is 0.269. The van der Waals surface area contributed by atoms with E-state index in [1.165, 1.54) is 11.1 Å². The second-order valence-corrected chi connectivity index (χ2v) is 5.32. The van der Waals surface area contributed by atoms with Crippen LogP contribution in [0.4, 0.5) is 0 Å². The Balaban J connectivity index is 2.32. The SMILES string of the molecule is Cc1ccccc1CSSCCO. The summed E-state index contributed by atoms with van der Waals surface area (Å²) < 4.78 is 0. The van der Waals surface area contributed by atoms with Crippen molar-refractivity contribution in [2.24, 2.45) is 0 Å². The molecule has 1 rings (SSSR count). The van der Waals surface area contributed by atoms with Gasteiger partial charge < -0.3 is 5.11 Å². The van der Waals surface area contributed by atoms with E-state index in [0.29, 0.717) is 0 Å². The number of aliphatic hydroxyl groups is 1. The second-order valence-electron chi connectivity index (χ2n) is 2.73. The Labute approximate surface area is 87.3 Å². The van der Waals surface area contributed by atoms with Gasteiger partial charge in [0.05, 0.1) is 6.61 Å². The van der Waals surface area contributed by atoms with Crippen LogP contribution in [0.3, 0.4) is 0 Å². The summed E-state index contributed by atoms with van der Waals surface area (Å²) in [7, 11) is 3.53. The molecule has 0 aliphatic carbocycles. The topological polar surface area (TPSA) is 20.2 Å². The van der Waals surface area contributed by atoms with E-state index in [0.717, 1.165) is 11.5 Å². The van der Waals surface area contributed by atoms with E-state index in [1.54, 1.807) is 21.6 Å². The van der Waals surface area contributed by atoms with Gasteiger partial charge in [0, 0.05) is 11.5 Å². The van der Waals surface area contributed by atoms with E-state index in [4.69, 9.17) is 5.11 Å². The van der Waals surface area contributed by atoms with Crippen LogP contribution >= 0.6 is 21.6 Å². The second kappa shape index (κ2) is 6.35. The zero-order valence-electron chi connectivity index (χ0n) is 7.69. The highest BCUT2D eigenvalue weighted by molar-refractivity contribution is 8.76. The number of aryl methyl sites for hydroxylation is 1. The minimum Gasteiger partial charge on any atom is -0.395 e. The summed E-state index contributed by atoms with van der Waals surface area (Å²) in [6.07, 6.45) is 0. The van der Waals surface area contributed by atoms with Gasteiger partial charge in [-0.2, -0.15) is 0 Å². The normalized spacial score (nSPS) is 10.3. The van der Waals surface area contributed by atoms with E-state index >= 15 is 0 Å². The predicted molar refractivity (Wildman–Crippen MR) is 62.0 cm³/mol. The highest BCUT2D eigenvalue weighted by atomic mass is 33.1. The Morgan fingerprint density at radius 1 is 1.23 bits per heavy atom. The molecule has 0 saturated heterocycles. The van der Waals surface area contributed by atoms with Crippen LogP contribution in [-0.2, 0) is 5.75 Å². The maximum Gasteiger partial charge on any atom is 0.0530 e. The fourth-order valence-electron chi connectivity index (χ4n) is 0.973. The Bertz CT molecular complexity index is 250. The van der Waals surface area contributed by atoms with Crippen LogP contribution in [0.2, 0.25) is 0 Å². The van der Waals surface area contributed by atoms with Gasteiger partial charge >= 0.3 is 0 Å². The molecule has 72 valence electrons. The molecule has 0 fully saturated rings. The quantitative estimate of drug-likeness (QED) is 0.601. The third-order valence-electron chi connectivity index (χ3n) is 1.73. The van der Waals surface area contributed by atoms with Crippen molar-refractivity contribution in [2.75, 3.05) is 12.4 Å². The lowest BCUT2D eigenvalue weighted by Crippen LogP contribution is -1.85. The molecule has 0 radical (unpaired) electrons. The van der Waals surface area contributed by atoms with E-state index < -0.39 is 0 Å². The first-order valence-electron chi connectivity index (χ1n) is 4.24. The molecule has 3 heteroatoms. The van der Waals surface area contributed by atoms with Gasteiger partial charge in [0.2, 0.25) is 0 Å². The minimum atomic E-state index is 0.269. The molecule has 0 atom stereocenters. The summed E-state index contributed by atoms with van der Waals surface area (Å²) >= 11 is 0. The average Bonchev–Trinajstić information content (AvgIpc) is 2.15. The number of rotatable bonds is 5. The van der Waals surface area contributed by atoms with Crippen LogP contribution in [0.1, 0.15) is 11.1 Å². The average molecular weight is 214 g/mol. The van der Waals surface area contributed by atoms with Gasteiger partial charge in [-0.25, -0.2) is 0 Å². The molecule has 1 nitrogen and oxygen atoms in total. The van der Waals surface area contributed by atoms with Crippen molar-refractivity contribution in [3.63, 3.8) is 0 Å². The first-order chi connectivity index (χ1) is 6.34. The Kier molecular flexibility index (Phi) is 5.35. The lowest BCUT2D eigenvalue weighted by Gasteiger charge is -2.03. The molecule has 13 heavy (non-hydrogen) atoms. The zero-order valence-corrected chi connectivity index (χ0v) is 9.33. The van der Waals surface area contributed by atoms with E-state index in [-0.39, 0.29) is 6.61 Å². The smallest absolute Gasteiger partial charge is 0.0530 e. The number of aliphatic hydroxyl groups excluding tert-OH is 1. The molecule has 0 bridgehead atoms. The third-order valence-corrected chi connectivity index (χ3v) is 4.03. The summed E-state index contributed by atoms with van der Waals surface area (Å²) in [5.41, 5.74) is 2.73. The predicted octanol–water partition coefficient (Wildman–Crippen LogP) is 2.87. The van der Waals surface area contributed by atoms with Crippen molar-refractivity contribution in [1.82, 2.24) is 0 Å². The van der Waals surface area contributed by atoms with Crippen molar-refractivity contribution < 1.29 is 5.11 Å². The molecule has 0 amide bonds. The van der Waals surface area contributed by atoms with Gasteiger partial charge in [-0.15, -0.1) is 0 Å². The first-order valence-corrected chi connectivity index (χ1v) is 6.73. The van der Waals surface area contributed by atoms with Gasteiger partial charge in [-0.05, 0) is 18.1 Å². The number of hydrogen-bond donors (Lipinski definition) is 1. The Hall–Kier alpha value is -0.120. The van der Waals surface area contributed by atoms with Crippen LogP contribution in [0.15, 0.2) is 24.3 Å². The van der Waals surface area contributed by atoms with Gasteiger partial charge in [0.15, 0.2) is 0 Å². The number of benzene rings is 1. The Morgan fingerprint density at radius 2 is 2.00 bits per heavy atom. The van der Waals surface area contributed by atoms with Crippen LogP contribution < -0.4 is 0 Å². The van der Waals surface area contributed by atoms with E-state index in [9.17, 15) is 0 Å². The highest BCUT2D eigenvalue weighted by Gasteiger charge is 1.96. The van der Waals surface area contributed by atoms with Crippen molar-refractivity contribution in [3.05, 3.63) is 35.4 Å². The summed E-state index contributed by atoms with van der Waals surface area (Å²) in [6, 6.07) is 8.42. The molecule has 0 aliphatic rings. The summed E-state index contributed by atoms with van der Waals surface area (Å²) in [5.74, 6) is 1.84. The fourth-order valence-corrected chi connectivity index (χ4v) is 2.91. The zero-order chi connectivity index (χ0) is 9.52. The summed E-state index contributed by atoms with van der Waals surface area (Å²) in [4.78, 5) is 0. The summed E-state index contributed by atoms with van der Waals surface area (Å²) in [5, 5.41) is 8.58. The van der Waals surface area contributed by atoms with Crippen LogP contribution in [0.25, 0.3) is 0 Å². The van der Waals surface area contributed by atoms with Crippen LogP contribution in [-0.4, -0.2) is 17.5 Å². The van der Waals surface area contributed by atoms with Crippen LogP contribution in [0, 0.1) is 6.92 Å². The maximum atomic E-state index is 8.58. The molecule has 0 spiro atoms. The molecule has 0 heterocycles. The molecule has 0 aliphatic heterocycles. The lowest BCUT2D eigenvalue weighted by molar-refractivity contribution is 0.323. The van der Waals surface area contributed by atoms with Gasteiger partial charge in [-0.3, -0.25) is 0 Å². The molecule has 0 aromatic heterocycles. The van der Waals surface area contributed by atoms with Crippen molar-refractivity contribution in [1.29, 1.82) is 0 Å². The molecule has 0 saturated carbocycles. The van der Waals surface area contributed by atoms with Gasteiger partial charge in [0.25, 0.3) is 0 Å². The van der Waals surface area contributed by atoms with Crippen molar-refractivity contribution in [3.8, 4) is 0 Å².